The van der Waals surface area contributed by atoms with E-state index in [9.17, 15) is 9.59 Å². The molecule has 2 aromatic rings. The van der Waals surface area contributed by atoms with Gasteiger partial charge < -0.3 is 13.9 Å². The molecule has 0 amide bonds. The molecule has 0 aliphatic carbocycles. The number of esters is 1. The highest BCUT2D eigenvalue weighted by atomic mass is 16.6. The van der Waals surface area contributed by atoms with Gasteiger partial charge in [-0.05, 0) is 45.9 Å². The monoisotopic (exact) mass is 328 g/mol. The molecule has 0 radical (unpaired) electrons. The van der Waals surface area contributed by atoms with Gasteiger partial charge in [-0.1, -0.05) is 6.08 Å². The van der Waals surface area contributed by atoms with E-state index < -0.39 is 17.3 Å². The number of carbonyl (C=O) groups excluding carboxylic acids is 1. The first-order valence-electron chi connectivity index (χ1n) is 7.90. The molecule has 1 aliphatic heterocycles. The highest BCUT2D eigenvalue weighted by molar-refractivity contribution is 5.88. The average molecular weight is 328 g/mol. The van der Waals surface area contributed by atoms with Crippen molar-refractivity contribution in [3.63, 3.8) is 0 Å². The topological polar surface area (TPSA) is 65.7 Å². The molecule has 126 valence electrons. The summed E-state index contributed by atoms with van der Waals surface area (Å²) in [6, 6.07) is 6.72. The van der Waals surface area contributed by atoms with Gasteiger partial charge in [0.1, 0.15) is 23.0 Å². The molecule has 0 saturated heterocycles. The molecular formula is C19H20O5. The first kappa shape index (κ1) is 16.3. The zero-order valence-corrected chi connectivity index (χ0v) is 14.2. The molecule has 1 aromatic carbocycles. The van der Waals surface area contributed by atoms with Crippen LogP contribution in [0.2, 0.25) is 0 Å². The Kier molecular flexibility index (Phi) is 3.95. The smallest absolute Gasteiger partial charge is 0.336 e. The van der Waals surface area contributed by atoms with Crippen LogP contribution in [0.3, 0.4) is 0 Å². The van der Waals surface area contributed by atoms with Gasteiger partial charge in [0.25, 0.3) is 0 Å². The Morgan fingerprint density at radius 2 is 2.08 bits per heavy atom. The van der Waals surface area contributed by atoms with E-state index in [0.29, 0.717) is 17.6 Å². The molecule has 0 saturated carbocycles. The normalized spacial score (nSPS) is 19.5. The average Bonchev–Trinajstić information content (AvgIpc) is 2.52. The third-order valence-corrected chi connectivity index (χ3v) is 4.36. The van der Waals surface area contributed by atoms with Crippen LogP contribution in [0.25, 0.3) is 11.0 Å². The number of allylic oxidation sites excluding steroid dienone is 1. The van der Waals surface area contributed by atoms with Gasteiger partial charge in [0.05, 0.1) is 0 Å². The van der Waals surface area contributed by atoms with Crippen molar-refractivity contribution < 1.29 is 18.7 Å². The van der Waals surface area contributed by atoms with Gasteiger partial charge in [0.15, 0.2) is 0 Å². The fourth-order valence-corrected chi connectivity index (χ4v) is 2.71. The lowest BCUT2D eigenvalue weighted by Crippen LogP contribution is -2.48. The molecule has 5 nitrogen and oxygen atoms in total. The van der Waals surface area contributed by atoms with E-state index in [1.54, 1.807) is 32.1 Å². The minimum atomic E-state index is -0.653. The maximum Gasteiger partial charge on any atom is 0.336 e. The van der Waals surface area contributed by atoms with Crippen LogP contribution in [0.15, 0.2) is 45.1 Å². The summed E-state index contributed by atoms with van der Waals surface area (Å²) < 4.78 is 16.9. The second kappa shape index (κ2) is 5.82. The Morgan fingerprint density at radius 1 is 1.33 bits per heavy atom. The van der Waals surface area contributed by atoms with E-state index in [-0.39, 0.29) is 5.97 Å². The van der Waals surface area contributed by atoms with Crippen LogP contribution in [0.1, 0.15) is 33.3 Å². The summed E-state index contributed by atoms with van der Waals surface area (Å²) in [5, 5.41) is 0.796. The SMILES string of the molecule is C/C=C(\C)C(=O)O[C@@H]1Cc2cc3oc(=O)ccc3cc2OC1(C)C. The Balaban J connectivity index is 1.97. The van der Waals surface area contributed by atoms with E-state index in [4.69, 9.17) is 13.9 Å². The maximum absolute atomic E-state index is 12.1. The number of fused-ring (bicyclic) bond motifs is 2. The fraction of sp³-hybridized carbons (Fsp3) is 0.368. The van der Waals surface area contributed by atoms with Crippen molar-refractivity contribution in [2.45, 2.75) is 45.8 Å². The summed E-state index contributed by atoms with van der Waals surface area (Å²) in [6.45, 7) is 7.31. The van der Waals surface area contributed by atoms with Crippen LogP contribution in [0.5, 0.6) is 5.75 Å². The maximum atomic E-state index is 12.1. The summed E-state index contributed by atoms with van der Waals surface area (Å²) in [7, 11) is 0. The van der Waals surface area contributed by atoms with Gasteiger partial charge in [-0.2, -0.15) is 0 Å². The molecule has 0 unspecified atom stereocenters. The second-order valence-electron chi connectivity index (χ2n) is 6.53. The Labute approximate surface area is 139 Å². The third-order valence-electron chi connectivity index (χ3n) is 4.36. The van der Waals surface area contributed by atoms with Crippen molar-refractivity contribution >= 4 is 16.9 Å². The van der Waals surface area contributed by atoms with Crippen LogP contribution in [-0.4, -0.2) is 17.7 Å². The highest BCUT2D eigenvalue weighted by Gasteiger charge is 2.40. The molecule has 2 heterocycles. The molecule has 0 bridgehead atoms. The van der Waals surface area contributed by atoms with Gasteiger partial charge in [-0.15, -0.1) is 0 Å². The van der Waals surface area contributed by atoms with E-state index in [1.807, 2.05) is 19.9 Å². The lowest BCUT2D eigenvalue weighted by molar-refractivity contribution is -0.156. The predicted molar refractivity (Wildman–Crippen MR) is 90.2 cm³/mol. The minimum Gasteiger partial charge on any atom is -0.484 e. The summed E-state index contributed by atoms with van der Waals surface area (Å²) in [6.07, 6.45) is 1.79. The van der Waals surface area contributed by atoms with E-state index in [2.05, 4.69) is 0 Å². The number of carbonyl (C=O) groups is 1. The molecule has 0 fully saturated rings. The molecule has 1 atom stereocenters. The van der Waals surface area contributed by atoms with Gasteiger partial charge in [-0.25, -0.2) is 9.59 Å². The zero-order chi connectivity index (χ0) is 17.5. The van der Waals surface area contributed by atoms with Crippen LogP contribution in [0.4, 0.5) is 0 Å². The molecule has 24 heavy (non-hydrogen) atoms. The Morgan fingerprint density at radius 3 is 2.79 bits per heavy atom. The number of ether oxygens (including phenoxy) is 2. The lowest BCUT2D eigenvalue weighted by Gasteiger charge is -2.39. The third kappa shape index (κ3) is 2.94. The van der Waals surface area contributed by atoms with Crippen molar-refractivity contribution in [2.75, 3.05) is 0 Å². The van der Waals surface area contributed by atoms with Gasteiger partial charge in [0.2, 0.25) is 0 Å². The number of hydrogen-bond acceptors (Lipinski definition) is 5. The first-order chi connectivity index (χ1) is 11.3. The fourth-order valence-electron chi connectivity index (χ4n) is 2.71. The molecule has 0 N–H and O–H groups in total. The second-order valence-corrected chi connectivity index (χ2v) is 6.53. The van der Waals surface area contributed by atoms with Crippen molar-refractivity contribution in [1.82, 2.24) is 0 Å². The quantitative estimate of drug-likeness (QED) is 0.480. The largest absolute Gasteiger partial charge is 0.484 e. The Bertz CT molecular complexity index is 888. The predicted octanol–water partition coefficient (Wildman–Crippen LogP) is 3.38. The lowest BCUT2D eigenvalue weighted by atomic mass is 9.90. The van der Waals surface area contributed by atoms with E-state index >= 15 is 0 Å². The summed E-state index contributed by atoms with van der Waals surface area (Å²) in [4.78, 5) is 23.5. The standard InChI is InChI=1S/C19H20O5/c1-5-11(2)18(21)23-16-10-13-9-14-12(6-7-17(20)22-14)8-15(13)24-19(16,3)4/h5-9,16H,10H2,1-4H3/b11-5+/t16-/m1/s1. The van der Waals surface area contributed by atoms with Crippen LogP contribution in [0, 0.1) is 0 Å². The summed E-state index contributed by atoms with van der Waals surface area (Å²) in [5.41, 5.74) is 0.860. The zero-order valence-electron chi connectivity index (χ0n) is 14.2. The van der Waals surface area contributed by atoms with Crippen LogP contribution < -0.4 is 10.4 Å². The van der Waals surface area contributed by atoms with Crippen molar-refractivity contribution in [1.29, 1.82) is 0 Å². The summed E-state index contributed by atoms with van der Waals surface area (Å²) >= 11 is 0. The van der Waals surface area contributed by atoms with Crippen LogP contribution >= 0.6 is 0 Å². The van der Waals surface area contributed by atoms with Gasteiger partial charge >= 0.3 is 11.6 Å². The minimum absolute atomic E-state index is 0.352. The van der Waals surface area contributed by atoms with Crippen LogP contribution in [-0.2, 0) is 16.0 Å². The van der Waals surface area contributed by atoms with E-state index in [0.717, 1.165) is 16.7 Å². The molecule has 3 rings (SSSR count). The van der Waals surface area contributed by atoms with Gasteiger partial charge in [-0.3, -0.25) is 0 Å². The first-order valence-corrected chi connectivity index (χ1v) is 7.90. The number of hydrogen-bond donors (Lipinski definition) is 0. The molecule has 0 spiro atoms. The molecule has 5 heteroatoms. The van der Waals surface area contributed by atoms with Crippen molar-refractivity contribution in [3.8, 4) is 5.75 Å². The van der Waals surface area contributed by atoms with E-state index in [1.165, 1.54) is 6.07 Å². The Hall–Kier alpha value is -2.56. The number of rotatable bonds is 2. The summed E-state index contributed by atoms with van der Waals surface area (Å²) in [5.74, 6) is 0.367. The number of benzene rings is 1. The molecule has 1 aromatic heterocycles. The van der Waals surface area contributed by atoms with Crippen molar-refractivity contribution in [3.05, 3.63) is 51.9 Å². The van der Waals surface area contributed by atoms with Gasteiger partial charge in [0, 0.05) is 29.0 Å². The highest BCUT2D eigenvalue weighted by Crippen LogP contribution is 2.37. The molecular weight excluding hydrogens is 308 g/mol. The molecule has 1 aliphatic rings. The van der Waals surface area contributed by atoms with Crippen molar-refractivity contribution in [2.24, 2.45) is 0 Å².